The van der Waals surface area contributed by atoms with Crippen LogP contribution in [-0.2, 0) is 30.4 Å². The molecule has 0 spiro atoms. The van der Waals surface area contributed by atoms with E-state index in [9.17, 15) is 29.1 Å². The number of para-hydroxylation sites is 1. The van der Waals surface area contributed by atoms with Crippen molar-refractivity contribution in [2.24, 2.45) is 23.3 Å². The van der Waals surface area contributed by atoms with Gasteiger partial charge < -0.3 is 37.5 Å². The minimum absolute atomic E-state index is 0.249. The Balaban J connectivity index is 2.17. The van der Waals surface area contributed by atoms with Crippen LogP contribution in [-0.4, -0.2) is 63.9 Å². The lowest BCUT2D eigenvalue weighted by Gasteiger charge is -2.30. The van der Waals surface area contributed by atoms with Gasteiger partial charge in [-0.15, -0.1) is 0 Å². The molecule has 2 rings (SSSR count). The number of carboxylic acid groups (broad SMARTS) is 1. The average Bonchev–Trinajstić information content (AvgIpc) is 3.30. The standard InChI is InChI=1S/C27H40N6O6/c1-5-14(3)22(25(36)31-20(27(38)39)12-21(29)34)33-26(37)23(15(4)6-2)32-24(35)18(28)11-16-13-30-19-10-8-7-9-17(16)19/h7-10,13-15,18,20,22-23,30H,5-6,11-12,28H2,1-4H3,(H2,29,34)(H,31,36)(H,32,35)(H,33,37)(H,38,39). The molecule has 0 radical (unpaired) electrons. The predicted molar refractivity (Wildman–Crippen MR) is 146 cm³/mol. The Morgan fingerprint density at radius 3 is 1.97 bits per heavy atom. The van der Waals surface area contributed by atoms with Crippen LogP contribution in [0.5, 0.6) is 0 Å². The topological polar surface area (TPSA) is 209 Å². The second-order valence-electron chi connectivity index (χ2n) is 9.98. The Kier molecular flexibility index (Phi) is 11.5. The lowest BCUT2D eigenvalue weighted by molar-refractivity contribution is -0.144. The molecule has 1 heterocycles. The molecule has 12 heteroatoms. The number of nitrogens with one attached hydrogen (secondary N) is 4. The minimum atomic E-state index is -1.54. The molecule has 4 amide bonds. The van der Waals surface area contributed by atoms with E-state index in [0.29, 0.717) is 12.8 Å². The maximum Gasteiger partial charge on any atom is 0.326 e. The van der Waals surface area contributed by atoms with Gasteiger partial charge in [-0.25, -0.2) is 4.79 Å². The number of amides is 4. The molecule has 6 atom stereocenters. The van der Waals surface area contributed by atoms with E-state index in [1.165, 1.54) is 0 Å². The first-order chi connectivity index (χ1) is 18.4. The summed E-state index contributed by atoms with van der Waals surface area (Å²) in [7, 11) is 0. The molecule has 6 unspecified atom stereocenters. The highest BCUT2D eigenvalue weighted by Crippen LogP contribution is 2.19. The molecule has 0 saturated heterocycles. The van der Waals surface area contributed by atoms with E-state index in [0.717, 1.165) is 16.5 Å². The molecule has 12 nitrogen and oxygen atoms in total. The van der Waals surface area contributed by atoms with E-state index in [1.807, 2.05) is 38.1 Å². The van der Waals surface area contributed by atoms with Crippen LogP contribution in [0.2, 0.25) is 0 Å². The highest BCUT2D eigenvalue weighted by Gasteiger charge is 2.34. The van der Waals surface area contributed by atoms with E-state index in [1.54, 1.807) is 20.0 Å². The summed E-state index contributed by atoms with van der Waals surface area (Å²) in [4.78, 5) is 65.3. The Morgan fingerprint density at radius 1 is 0.897 bits per heavy atom. The number of primary amides is 1. The number of aliphatic carboxylic acids is 1. The summed E-state index contributed by atoms with van der Waals surface area (Å²) in [5, 5.41) is 18.0. The maximum absolute atomic E-state index is 13.4. The number of nitrogens with two attached hydrogens (primary N) is 2. The van der Waals surface area contributed by atoms with Gasteiger partial charge in [-0.05, 0) is 29.9 Å². The molecule has 0 aliphatic carbocycles. The molecule has 214 valence electrons. The number of carbonyl (C=O) groups excluding carboxylic acids is 4. The second-order valence-corrected chi connectivity index (χ2v) is 9.98. The number of hydrogen-bond donors (Lipinski definition) is 7. The van der Waals surface area contributed by atoms with Crippen LogP contribution in [0, 0.1) is 11.8 Å². The van der Waals surface area contributed by atoms with E-state index >= 15 is 0 Å². The van der Waals surface area contributed by atoms with Gasteiger partial charge in [0.15, 0.2) is 0 Å². The van der Waals surface area contributed by atoms with E-state index in [4.69, 9.17) is 11.5 Å². The van der Waals surface area contributed by atoms with Gasteiger partial charge in [0.1, 0.15) is 18.1 Å². The fourth-order valence-electron chi connectivity index (χ4n) is 4.20. The number of rotatable bonds is 15. The van der Waals surface area contributed by atoms with Crippen molar-refractivity contribution in [2.45, 2.75) is 77.5 Å². The van der Waals surface area contributed by atoms with Gasteiger partial charge in [-0.3, -0.25) is 19.2 Å². The Morgan fingerprint density at radius 2 is 1.44 bits per heavy atom. The lowest BCUT2D eigenvalue weighted by atomic mass is 9.94. The van der Waals surface area contributed by atoms with Gasteiger partial charge in [0, 0.05) is 17.1 Å². The number of aromatic nitrogens is 1. The lowest BCUT2D eigenvalue weighted by Crippen LogP contribution is -2.60. The van der Waals surface area contributed by atoms with Crippen molar-refractivity contribution >= 4 is 40.5 Å². The third kappa shape index (κ3) is 8.54. The van der Waals surface area contributed by atoms with Crippen molar-refractivity contribution in [2.75, 3.05) is 0 Å². The number of aromatic amines is 1. The van der Waals surface area contributed by atoms with Crippen LogP contribution < -0.4 is 27.4 Å². The molecule has 1 aromatic carbocycles. The number of fused-ring (bicyclic) bond motifs is 1. The molecule has 9 N–H and O–H groups in total. The van der Waals surface area contributed by atoms with E-state index in [-0.39, 0.29) is 18.3 Å². The van der Waals surface area contributed by atoms with Crippen LogP contribution in [0.4, 0.5) is 0 Å². The van der Waals surface area contributed by atoms with Crippen LogP contribution in [0.1, 0.15) is 52.5 Å². The van der Waals surface area contributed by atoms with Crippen LogP contribution >= 0.6 is 0 Å². The summed E-state index contributed by atoms with van der Waals surface area (Å²) in [5.74, 6) is -4.87. The van der Waals surface area contributed by atoms with Crippen molar-refractivity contribution < 1.29 is 29.1 Å². The van der Waals surface area contributed by atoms with Gasteiger partial charge in [-0.1, -0.05) is 58.7 Å². The minimum Gasteiger partial charge on any atom is -0.480 e. The molecule has 39 heavy (non-hydrogen) atoms. The molecule has 1 aromatic heterocycles. The highest BCUT2D eigenvalue weighted by atomic mass is 16.4. The number of carbonyl (C=O) groups is 5. The van der Waals surface area contributed by atoms with Crippen LogP contribution in [0.3, 0.4) is 0 Å². The van der Waals surface area contributed by atoms with Gasteiger partial charge in [0.2, 0.25) is 23.6 Å². The van der Waals surface area contributed by atoms with Crippen molar-refractivity contribution in [1.29, 1.82) is 0 Å². The Bertz CT molecular complexity index is 1180. The second kappa shape index (κ2) is 14.3. The first kappa shape index (κ1) is 31.3. The maximum atomic E-state index is 13.4. The van der Waals surface area contributed by atoms with Crippen molar-refractivity contribution in [3.05, 3.63) is 36.0 Å². The van der Waals surface area contributed by atoms with E-state index in [2.05, 4.69) is 20.9 Å². The molecule has 0 fully saturated rings. The fourth-order valence-corrected chi connectivity index (χ4v) is 4.20. The number of benzene rings is 1. The number of hydrogen-bond acceptors (Lipinski definition) is 6. The first-order valence-electron chi connectivity index (χ1n) is 13.1. The quantitative estimate of drug-likeness (QED) is 0.169. The summed E-state index contributed by atoms with van der Waals surface area (Å²) in [6.07, 6.45) is 2.49. The summed E-state index contributed by atoms with van der Waals surface area (Å²) < 4.78 is 0. The first-order valence-corrected chi connectivity index (χ1v) is 13.1. The van der Waals surface area contributed by atoms with Gasteiger partial charge in [0.25, 0.3) is 0 Å². The normalized spacial score (nSPS) is 15.8. The monoisotopic (exact) mass is 544 g/mol. The van der Waals surface area contributed by atoms with E-state index < -0.39 is 60.2 Å². The van der Waals surface area contributed by atoms with Gasteiger partial charge in [-0.2, -0.15) is 0 Å². The third-order valence-electron chi connectivity index (χ3n) is 7.06. The number of carboxylic acids is 1. The Labute approximate surface area is 227 Å². The SMILES string of the molecule is CCC(C)C(NC(=O)C(N)Cc1c[nH]c2ccccc12)C(=O)NC(C(=O)NC(CC(N)=O)C(=O)O)C(C)CC. The summed E-state index contributed by atoms with van der Waals surface area (Å²) >= 11 is 0. The largest absolute Gasteiger partial charge is 0.480 e. The zero-order chi connectivity index (χ0) is 29.3. The predicted octanol–water partition coefficient (Wildman–Crippen LogP) is 0.544. The highest BCUT2D eigenvalue weighted by molar-refractivity contribution is 5.95. The zero-order valence-corrected chi connectivity index (χ0v) is 22.8. The Hall–Kier alpha value is -3.93. The molecule has 0 aliphatic heterocycles. The van der Waals surface area contributed by atoms with Crippen LogP contribution in [0.25, 0.3) is 10.9 Å². The molecular formula is C27H40N6O6. The number of H-pyrrole nitrogens is 1. The summed E-state index contributed by atoms with van der Waals surface area (Å²) in [6, 6.07) is 3.08. The molecular weight excluding hydrogens is 504 g/mol. The van der Waals surface area contributed by atoms with Crippen molar-refractivity contribution in [3.63, 3.8) is 0 Å². The molecule has 0 bridgehead atoms. The summed E-state index contributed by atoms with van der Waals surface area (Å²) in [6.45, 7) is 7.19. The van der Waals surface area contributed by atoms with Crippen molar-refractivity contribution in [3.8, 4) is 0 Å². The molecule has 0 aliphatic rings. The third-order valence-corrected chi connectivity index (χ3v) is 7.06. The van der Waals surface area contributed by atoms with Gasteiger partial charge in [0.05, 0.1) is 12.5 Å². The molecule has 0 saturated carbocycles. The van der Waals surface area contributed by atoms with Gasteiger partial charge >= 0.3 is 5.97 Å². The molecule has 2 aromatic rings. The fraction of sp³-hybridized carbons (Fsp3) is 0.519. The zero-order valence-electron chi connectivity index (χ0n) is 22.8. The summed E-state index contributed by atoms with van der Waals surface area (Å²) in [5.41, 5.74) is 13.1. The van der Waals surface area contributed by atoms with Crippen molar-refractivity contribution in [1.82, 2.24) is 20.9 Å². The average molecular weight is 545 g/mol. The smallest absolute Gasteiger partial charge is 0.326 e. The van der Waals surface area contributed by atoms with Crippen LogP contribution in [0.15, 0.2) is 30.5 Å².